The number of rotatable bonds is 0. The second kappa shape index (κ2) is 1.85. The van der Waals surface area contributed by atoms with Crippen LogP contribution in [0, 0.1) is 0 Å². The van der Waals surface area contributed by atoms with Crippen molar-refractivity contribution in [3.8, 4) is 0 Å². The first-order chi connectivity index (χ1) is 3.80. The summed E-state index contributed by atoms with van der Waals surface area (Å²) in [4.78, 5) is 0. The van der Waals surface area contributed by atoms with Crippen LogP contribution in [0.4, 0.5) is 0 Å². The quantitative estimate of drug-likeness (QED) is 0.406. The molecule has 0 amide bonds. The largest absolute Gasteiger partial charge is 0.227 e. The molecule has 0 bridgehead atoms. The van der Waals surface area contributed by atoms with Gasteiger partial charge in [0.15, 0.2) is 0 Å². The molecule has 1 heterocycles. The highest BCUT2D eigenvalue weighted by Crippen LogP contribution is 1.92. The molecule has 1 aliphatic heterocycles. The number of hydrogen-bond donors (Lipinski definition) is 2. The molecule has 8 heavy (non-hydrogen) atoms. The van der Waals surface area contributed by atoms with Crippen molar-refractivity contribution in [3.05, 3.63) is 24.6 Å². The lowest BCUT2D eigenvalue weighted by molar-refractivity contribution is 0.0740. The van der Waals surface area contributed by atoms with Crippen LogP contribution < -0.4 is 11.7 Å². The highest BCUT2D eigenvalue weighted by atomic mass is 15.8. The Morgan fingerprint density at radius 3 is 1.50 bits per heavy atom. The summed E-state index contributed by atoms with van der Waals surface area (Å²) in [5.41, 5.74) is 0. The summed E-state index contributed by atoms with van der Waals surface area (Å²) in [6, 6.07) is 0. The third kappa shape index (κ3) is 0.800. The van der Waals surface area contributed by atoms with Gasteiger partial charge in [-0.15, -0.1) is 0 Å². The Bertz CT molecular complexity index is 112. The first-order valence-electron chi connectivity index (χ1n) is 2.23. The average Bonchev–Trinajstić information content (AvgIpc) is 1.77. The summed E-state index contributed by atoms with van der Waals surface area (Å²) in [6.45, 7) is 0. The van der Waals surface area contributed by atoms with Gasteiger partial charge in [0.05, 0.1) is 0 Å². The highest BCUT2D eigenvalue weighted by molar-refractivity contribution is 5.03. The van der Waals surface area contributed by atoms with E-state index in [4.69, 9.17) is 11.7 Å². The Morgan fingerprint density at radius 1 is 0.875 bits per heavy atom. The van der Waals surface area contributed by atoms with Gasteiger partial charge in [-0.3, -0.25) is 0 Å². The first kappa shape index (κ1) is 5.14. The zero-order valence-electron chi connectivity index (χ0n) is 4.36. The van der Waals surface area contributed by atoms with E-state index in [1.165, 1.54) is 10.2 Å². The van der Waals surface area contributed by atoms with E-state index in [0.717, 1.165) is 0 Å². The summed E-state index contributed by atoms with van der Waals surface area (Å²) in [5, 5.41) is 2.56. The molecular formula is C4H8N4. The molecule has 0 aromatic heterocycles. The van der Waals surface area contributed by atoms with Crippen molar-refractivity contribution in [1.82, 2.24) is 10.2 Å². The van der Waals surface area contributed by atoms with Crippen LogP contribution in [0.3, 0.4) is 0 Å². The van der Waals surface area contributed by atoms with Gasteiger partial charge in [0.2, 0.25) is 0 Å². The average molecular weight is 112 g/mol. The van der Waals surface area contributed by atoms with Crippen molar-refractivity contribution in [2.45, 2.75) is 0 Å². The lowest BCUT2D eigenvalue weighted by Crippen LogP contribution is -2.45. The molecule has 0 aromatic rings. The molecule has 4 heteroatoms. The molecule has 0 radical (unpaired) electrons. The molecule has 4 nitrogen and oxygen atoms in total. The Balaban J connectivity index is 2.59. The fraction of sp³-hybridized carbons (Fsp3) is 0. The van der Waals surface area contributed by atoms with Gasteiger partial charge in [-0.1, -0.05) is 0 Å². The second-order valence-corrected chi connectivity index (χ2v) is 1.44. The Labute approximate surface area is 47.6 Å². The molecule has 0 unspecified atom stereocenters. The zero-order chi connectivity index (χ0) is 5.98. The van der Waals surface area contributed by atoms with Gasteiger partial charge in [-0.25, -0.2) is 21.9 Å². The van der Waals surface area contributed by atoms with Crippen molar-refractivity contribution in [2.75, 3.05) is 0 Å². The van der Waals surface area contributed by atoms with Crippen molar-refractivity contribution >= 4 is 0 Å². The maximum atomic E-state index is 5.27. The molecule has 0 aromatic carbocycles. The summed E-state index contributed by atoms with van der Waals surface area (Å²) in [7, 11) is 0. The van der Waals surface area contributed by atoms with Crippen LogP contribution in [-0.4, -0.2) is 10.2 Å². The summed E-state index contributed by atoms with van der Waals surface area (Å²) in [5.74, 6) is 10.5. The second-order valence-electron chi connectivity index (χ2n) is 1.44. The molecule has 44 valence electrons. The third-order valence-electron chi connectivity index (χ3n) is 0.855. The number of hydrogen-bond acceptors (Lipinski definition) is 4. The molecule has 1 rings (SSSR count). The van der Waals surface area contributed by atoms with E-state index in [9.17, 15) is 0 Å². The van der Waals surface area contributed by atoms with Gasteiger partial charge in [-0.05, 0) is 12.2 Å². The predicted molar refractivity (Wildman–Crippen MR) is 30.3 cm³/mol. The molecule has 0 spiro atoms. The molecule has 0 aliphatic carbocycles. The van der Waals surface area contributed by atoms with Gasteiger partial charge in [0.1, 0.15) is 0 Å². The van der Waals surface area contributed by atoms with Crippen LogP contribution in [0.1, 0.15) is 0 Å². The van der Waals surface area contributed by atoms with E-state index in [1.807, 2.05) is 0 Å². The summed E-state index contributed by atoms with van der Waals surface area (Å²) in [6.07, 6.45) is 6.90. The summed E-state index contributed by atoms with van der Waals surface area (Å²) >= 11 is 0. The van der Waals surface area contributed by atoms with E-state index in [-0.39, 0.29) is 0 Å². The number of hydrazine groups is 3. The van der Waals surface area contributed by atoms with Gasteiger partial charge >= 0.3 is 0 Å². The molecule has 0 saturated heterocycles. The van der Waals surface area contributed by atoms with E-state index < -0.39 is 0 Å². The van der Waals surface area contributed by atoms with Gasteiger partial charge in [-0.2, -0.15) is 0 Å². The van der Waals surface area contributed by atoms with Crippen molar-refractivity contribution in [1.29, 1.82) is 0 Å². The van der Waals surface area contributed by atoms with Crippen LogP contribution in [0.2, 0.25) is 0 Å². The smallest absolute Gasteiger partial charge is 0.0410 e. The van der Waals surface area contributed by atoms with Gasteiger partial charge in [0, 0.05) is 12.4 Å². The summed E-state index contributed by atoms with van der Waals surface area (Å²) < 4.78 is 0. The van der Waals surface area contributed by atoms with Crippen molar-refractivity contribution in [3.63, 3.8) is 0 Å². The van der Waals surface area contributed by atoms with Crippen LogP contribution >= 0.6 is 0 Å². The number of allylic oxidation sites excluding steroid dienone is 2. The Kier molecular flexibility index (Phi) is 1.19. The fourth-order valence-corrected chi connectivity index (χ4v) is 0.430. The van der Waals surface area contributed by atoms with Crippen molar-refractivity contribution in [2.24, 2.45) is 11.7 Å². The normalized spacial score (nSPS) is 17.8. The Morgan fingerprint density at radius 2 is 1.25 bits per heavy atom. The highest BCUT2D eigenvalue weighted by Gasteiger charge is 1.96. The minimum absolute atomic E-state index is 1.28. The van der Waals surface area contributed by atoms with E-state index >= 15 is 0 Å². The SMILES string of the molecule is NN1C=CC=CN1N. The maximum absolute atomic E-state index is 5.27. The topological polar surface area (TPSA) is 58.5 Å². The molecule has 0 fully saturated rings. The van der Waals surface area contributed by atoms with Crippen LogP contribution in [-0.2, 0) is 0 Å². The Hall–Kier alpha value is -1.00. The molecule has 1 aliphatic rings. The minimum atomic E-state index is 1.28. The lowest BCUT2D eigenvalue weighted by atomic mass is 10.5. The molecule has 0 atom stereocenters. The fourth-order valence-electron chi connectivity index (χ4n) is 0.430. The van der Waals surface area contributed by atoms with Gasteiger partial charge in [0.25, 0.3) is 0 Å². The number of nitrogens with two attached hydrogens (primary N) is 2. The van der Waals surface area contributed by atoms with Crippen LogP contribution in [0.5, 0.6) is 0 Å². The van der Waals surface area contributed by atoms with Crippen LogP contribution in [0.25, 0.3) is 0 Å². The monoisotopic (exact) mass is 112 g/mol. The number of nitrogens with zero attached hydrogens (tertiary/aromatic N) is 2. The zero-order valence-corrected chi connectivity index (χ0v) is 4.36. The van der Waals surface area contributed by atoms with E-state index in [1.54, 1.807) is 24.6 Å². The van der Waals surface area contributed by atoms with Crippen LogP contribution in [0.15, 0.2) is 24.6 Å². The van der Waals surface area contributed by atoms with E-state index in [2.05, 4.69) is 0 Å². The van der Waals surface area contributed by atoms with E-state index in [0.29, 0.717) is 0 Å². The molecule has 0 saturated carbocycles. The lowest BCUT2D eigenvalue weighted by Gasteiger charge is -2.24. The minimum Gasteiger partial charge on any atom is -0.227 e. The maximum Gasteiger partial charge on any atom is 0.0410 e. The third-order valence-corrected chi connectivity index (χ3v) is 0.855. The first-order valence-corrected chi connectivity index (χ1v) is 2.23. The molecular weight excluding hydrogens is 104 g/mol. The molecule has 4 N–H and O–H groups in total. The predicted octanol–water partition coefficient (Wildman–Crippen LogP) is -0.706. The van der Waals surface area contributed by atoms with Gasteiger partial charge < -0.3 is 0 Å². The van der Waals surface area contributed by atoms with Crippen molar-refractivity contribution < 1.29 is 0 Å². The standard InChI is InChI=1S/C4H8N4/c5-7-3-1-2-4-8(7)6/h1-4H,5-6H2.